The molecule has 0 fully saturated rings. The Balaban J connectivity index is 1.77. The first-order valence-corrected chi connectivity index (χ1v) is 9.48. The molecule has 2 amide bonds. The van der Waals surface area contributed by atoms with Gasteiger partial charge in [-0.3, -0.25) is 14.9 Å². The van der Waals surface area contributed by atoms with Gasteiger partial charge >= 0.3 is 0 Å². The van der Waals surface area contributed by atoms with Crippen LogP contribution in [0.15, 0.2) is 47.8 Å². The van der Waals surface area contributed by atoms with E-state index in [-0.39, 0.29) is 11.8 Å². The lowest BCUT2D eigenvalue weighted by molar-refractivity contribution is -0.114. The molecular weight excluding hydrogens is 468 g/mol. The predicted molar refractivity (Wildman–Crippen MR) is 109 cm³/mol. The van der Waals surface area contributed by atoms with Crippen molar-refractivity contribution in [3.05, 3.63) is 62.8 Å². The smallest absolute Gasteiger partial charge is 0.257 e. The van der Waals surface area contributed by atoms with E-state index in [1.807, 2.05) is 6.07 Å². The maximum Gasteiger partial charge on any atom is 0.257 e. The van der Waals surface area contributed by atoms with Gasteiger partial charge in [0.2, 0.25) is 5.91 Å². The fraction of sp³-hybridized carbons (Fsp3) is 0.0556. The molecule has 2 aromatic carbocycles. The Kier molecular flexibility index (Phi) is 5.62. The van der Waals surface area contributed by atoms with E-state index < -0.39 is 5.82 Å². The molecule has 0 saturated carbocycles. The summed E-state index contributed by atoms with van der Waals surface area (Å²) < 4.78 is 15.2. The van der Waals surface area contributed by atoms with Gasteiger partial charge in [-0.2, -0.15) is 0 Å². The number of anilines is 2. The molecule has 3 aromatic rings. The normalized spacial score (nSPS) is 10.4. The molecule has 132 valence electrons. The topological polar surface area (TPSA) is 71.1 Å². The van der Waals surface area contributed by atoms with Gasteiger partial charge in [0, 0.05) is 32.7 Å². The van der Waals surface area contributed by atoms with Gasteiger partial charge in [0.05, 0.1) is 5.69 Å². The number of amides is 2. The van der Waals surface area contributed by atoms with E-state index in [0.717, 1.165) is 3.57 Å². The number of hydrogen-bond donors (Lipinski definition) is 2. The SMILES string of the molecule is CC(=O)Nc1ccc(-c2csc(NC(=O)c3cccc(I)c3)n2)c(F)c1. The summed E-state index contributed by atoms with van der Waals surface area (Å²) in [5.41, 5.74) is 1.62. The van der Waals surface area contributed by atoms with Crippen LogP contribution in [0, 0.1) is 9.39 Å². The molecule has 2 N–H and O–H groups in total. The third-order valence-electron chi connectivity index (χ3n) is 3.38. The minimum absolute atomic E-state index is 0.272. The van der Waals surface area contributed by atoms with Gasteiger partial charge in [0.1, 0.15) is 5.82 Å². The van der Waals surface area contributed by atoms with Crippen molar-refractivity contribution in [2.24, 2.45) is 0 Å². The van der Waals surface area contributed by atoms with Gasteiger partial charge in [-0.15, -0.1) is 11.3 Å². The van der Waals surface area contributed by atoms with Gasteiger partial charge in [-0.1, -0.05) is 6.07 Å². The molecule has 1 heterocycles. The quantitative estimate of drug-likeness (QED) is 0.528. The summed E-state index contributed by atoms with van der Waals surface area (Å²) >= 11 is 3.35. The molecule has 8 heteroatoms. The Hall–Kier alpha value is -2.33. The Labute approximate surface area is 166 Å². The third-order valence-corrected chi connectivity index (χ3v) is 4.81. The molecule has 0 bridgehead atoms. The minimum atomic E-state index is -0.503. The number of nitrogens with one attached hydrogen (secondary N) is 2. The molecule has 26 heavy (non-hydrogen) atoms. The van der Waals surface area contributed by atoms with Crippen LogP contribution in [0.25, 0.3) is 11.3 Å². The summed E-state index contributed by atoms with van der Waals surface area (Å²) in [4.78, 5) is 27.6. The Morgan fingerprint density at radius 1 is 1.15 bits per heavy atom. The standard InChI is InChI=1S/C18H13FIN3O2S/c1-10(24)21-13-5-6-14(15(19)8-13)16-9-26-18(22-16)23-17(25)11-3-2-4-12(20)7-11/h2-9H,1H3,(H,21,24)(H,22,23,25). The summed E-state index contributed by atoms with van der Waals surface area (Å²) in [6.45, 7) is 1.36. The van der Waals surface area contributed by atoms with Gasteiger partial charge in [0.15, 0.2) is 5.13 Å². The van der Waals surface area contributed by atoms with Gasteiger partial charge in [-0.05, 0) is 59.0 Å². The van der Waals surface area contributed by atoms with Crippen molar-refractivity contribution >= 4 is 56.6 Å². The molecule has 0 atom stereocenters. The second kappa shape index (κ2) is 7.92. The molecule has 0 aliphatic rings. The number of rotatable bonds is 4. The molecule has 3 rings (SSSR count). The molecule has 0 unspecified atom stereocenters. The van der Waals surface area contributed by atoms with Gasteiger partial charge in [-0.25, -0.2) is 9.37 Å². The first kappa shape index (κ1) is 18.5. The number of hydrogen-bond acceptors (Lipinski definition) is 4. The van der Waals surface area contributed by atoms with E-state index in [0.29, 0.717) is 27.6 Å². The number of nitrogens with zero attached hydrogens (tertiary/aromatic N) is 1. The Morgan fingerprint density at radius 3 is 2.65 bits per heavy atom. The maximum atomic E-state index is 14.3. The van der Waals surface area contributed by atoms with E-state index in [9.17, 15) is 14.0 Å². The first-order chi connectivity index (χ1) is 12.4. The van der Waals surface area contributed by atoms with E-state index in [1.54, 1.807) is 35.7 Å². The van der Waals surface area contributed by atoms with E-state index in [4.69, 9.17) is 0 Å². The summed E-state index contributed by atoms with van der Waals surface area (Å²) in [6.07, 6.45) is 0. The number of benzene rings is 2. The second-order valence-corrected chi connectivity index (χ2v) is 7.48. The summed E-state index contributed by atoms with van der Waals surface area (Å²) in [6, 6.07) is 11.6. The van der Waals surface area contributed by atoms with Crippen molar-refractivity contribution in [2.75, 3.05) is 10.6 Å². The van der Waals surface area contributed by atoms with Gasteiger partial charge < -0.3 is 5.32 Å². The maximum absolute atomic E-state index is 14.3. The average Bonchev–Trinajstić information content (AvgIpc) is 3.02. The Morgan fingerprint density at radius 2 is 1.96 bits per heavy atom. The van der Waals surface area contributed by atoms with Crippen LogP contribution < -0.4 is 10.6 Å². The molecule has 0 aliphatic carbocycles. The lowest BCUT2D eigenvalue weighted by Gasteiger charge is -2.05. The molecule has 5 nitrogen and oxygen atoms in total. The van der Waals surface area contributed by atoms with E-state index in [1.165, 1.54) is 24.3 Å². The number of aromatic nitrogens is 1. The van der Waals surface area contributed by atoms with Gasteiger partial charge in [0.25, 0.3) is 5.91 Å². The number of carbonyl (C=O) groups is 2. The minimum Gasteiger partial charge on any atom is -0.326 e. The number of carbonyl (C=O) groups excluding carboxylic acids is 2. The van der Waals surface area contributed by atoms with E-state index >= 15 is 0 Å². The van der Waals surface area contributed by atoms with Crippen molar-refractivity contribution in [1.29, 1.82) is 0 Å². The molecule has 1 aromatic heterocycles. The average molecular weight is 481 g/mol. The zero-order chi connectivity index (χ0) is 18.7. The van der Waals surface area contributed by atoms with Crippen LogP contribution in [-0.2, 0) is 4.79 Å². The van der Waals surface area contributed by atoms with Crippen LogP contribution in [0.3, 0.4) is 0 Å². The monoisotopic (exact) mass is 481 g/mol. The molecule has 0 saturated heterocycles. The molecule has 0 spiro atoms. The largest absolute Gasteiger partial charge is 0.326 e. The molecule has 0 aliphatic heterocycles. The van der Waals surface area contributed by atoms with Crippen LogP contribution in [0.4, 0.5) is 15.2 Å². The van der Waals surface area contributed by atoms with Crippen molar-refractivity contribution < 1.29 is 14.0 Å². The van der Waals surface area contributed by atoms with Crippen LogP contribution in [0.1, 0.15) is 17.3 Å². The lowest BCUT2D eigenvalue weighted by atomic mass is 10.1. The molecular formula is C18H13FIN3O2S. The van der Waals surface area contributed by atoms with Crippen LogP contribution >= 0.6 is 33.9 Å². The van der Waals surface area contributed by atoms with Crippen molar-refractivity contribution in [1.82, 2.24) is 4.98 Å². The van der Waals surface area contributed by atoms with Crippen LogP contribution in [-0.4, -0.2) is 16.8 Å². The first-order valence-electron chi connectivity index (χ1n) is 7.52. The fourth-order valence-electron chi connectivity index (χ4n) is 2.26. The third kappa shape index (κ3) is 4.44. The molecule has 0 radical (unpaired) electrons. The number of thiazole rings is 1. The summed E-state index contributed by atoms with van der Waals surface area (Å²) in [7, 11) is 0. The zero-order valence-corrected chi connectivity index (χ0v) is 16.5. The second-order valence-electron chi connectivity index (χ2n) is 5.38. The van der Waals surface area contributed by atoms with Crippen LogP contribution in [0.2, 0.25) is 0 Å². The fourth-order valence-corrected chi connectivity index (χ4v) is 3.51. The highest BCUT2D eigenvalue weighted by atomic mass is 127. The Bertz CT molecular complexity index is 990. The van der Waals surface area contributed by atoms with Crippen molar-refractivity contribution in [3.63, 3.8) is 0 Å². The lowest BCUT2D eigenvalue weighted by Crippen LogP contribution is -2.11. The van der Waals surface area contributed by atoms with Crippen molar-refractivity contribution in [3.8, 4) is 11.3 Å². The highest BCUT2D eigenvalue weighted by Crippen LogP contribution is 2.29. The summed E-state index contributed by atoms with van der Waals surface area (Å²) in [5, 5.41) is 7.29. The highest BCUT2D eigenvalue weighted by Gasteiger charge is 2.13. The van der Waals surface area contributed by atoms with Crippen LogP contribution in [0.5, 0.6) is 0 Å². The van der Waals surface area contributed by atoms with E-state index in [2.05, 4.69) is 38.2 Å². The predicted octanol–water partition coefficient (Wildman–Crippen LogP) is 4.76. The van der Waals surface area contributed by atoms with Crippen molar-refractivity contribution in [2.45, 2.75) is 6.92 Å². The summed E-state index contributed by atoms with van der Waals surface area (Å²) in [5.74, 6) is -1.05. The highest BCUT2D eigenvalue weighted by molar-refractivity contribution is 14.1. The zero-order valence-electron chi connectivity index (χ0n) is 13.5. The number of halogens is 2.